The molecule has 0 unspecified atom stereocenters. The number of carbonyl (C=O) groups excluding carboxylic acids is 2. The number of rotatable bonds is 7. The van der Waals surface area contributed by atoms with Gasteiger partial charge in [-0.1, -0.05) is 67.6 Å². The molecule has 0 aliphatic heterocycles. The maximum Gasteiger partial charge on any atom is 0.323 e. The molecule has 3 rings (SSSR count). The summed E-state index contributed by atoms with van der Waals surface area (Å²) in [6.45, 7) is 2.08. The van der Waals surface area contributed by atoms with Crippen LogP contribution in [0.1, 0.15) is 30.9 Å². The van der Waals surface area contributed by atoms with E-state index in [1.165, 1.54) is 0 Å². The Morgan fingerprint density at radius 1 is 0.893 bits per heavy atom. The molecule has 28 heavy (non-hydrogen) atoms. The van der Waals surface area contributed by atoms with E-state index in [-0.39, 0.29) is 38.1 Å². The summed E-state index contributed by atoms with van der Waals surface area (Å²) in [4.78, 5) is 26.0. The Hall–Kier alpha value is -2.66. The zero-order valence-electron chi connectivity index (χ0n) is 16.0. The van der Waals surface area contributed by atoms with Crippen LogP contribution in [0, 0.1) is 17.3 Å². The molecule has 0 heterocycles. The molecule has 2 atom stereocenters. The normalized spacial score (nSPS) is 20.5. The molecular formula is C23H26O5. The predicted octanol–water partition coefficient (Wildman–Crippen LogP) is 3.50. The summed E-state index contributed by atoms with van der Waals surface area (Å²) < 4.78 is 11.0. The van der Waals surface area contributed by atoms with Gasteiger partial charge in [0, 0.05) is 6.61 Å². The van der Waals surface area contributed by atoms with Crippen molar-refractivity contribution in [2.45, 2.75) is 33.0 Å². The summed E-state index contributed by atoms with van der Waals surface area (Å²) >= 11 is 0. The van der Waals surface area contributed by atoms with Crippen molar-refractivity contribution in [3.05, 3.63) is 71.8 Å². The highest BCUT2D eigenvalue weighted by Crippen LogP contribution is 2.47. The maximum absolute atomic E-state index is 13.0. The Labute approximate surface area is 165 Å². The summed E-state index contributed by atoms with van der Waals surface area (Å²) in [6, 6.07) is 18.7. The Balaban J connectivity index is 1.73. The van der Waals surface area contributed by atoms with Gasteiger partial charge in [-0.2, -0.15) is 0 Å². The van der Waals surface area contributed by atoms with Gasteiger partial charge in [0.1, 0.15) is 13.2 Å². The lowest BCUT2D eigenvalue weighted by Crippen LogP contribution is -2.40. The van der Waals surface area contributed by atoms with Gasteiger partial charge in [0.25, 0.3) is 0 Å². The molecule has 1 N–H and O–H groups in total. The van der Waals surface area contributed by atoms with Crippen LogP contribution in [0.5, 0.6) is 0 Å². The number of hydrogen-bond acceptors (Lipinski definition) is 5. The Bertz CT molecular complexity index is 732. The third kappa shape index (κ3) is 4.42. The first kappa shape index (κ1) is 20.1. The van der Waals surface area contributed by atoms with Crippen molar-refractivity contribution >= 4 is 11.9 Å². The minimum absolute atomic E-state index is 0.0264. The summed E-state index contributed by atoms with van der Waals surface area (Å²) in [5.41, 5.74) is 0.345. The van der Waals surface area contributed by atoms with E-state index in [2.05, 4.69) is 0 Å². The molecule has 2 aromatic rings. The lowest BCUT2D eigenvalue weighted by molar-refractivity contribution is -0.174. The van der Waals surface area contributed by atoms with E-state index < -0.39 is 17.4 Å². The van der Waals surface area contributed by atoms with Crippen molar-refractivity contribution in [1.29, 1.82) is 0 Å². The number of esters is 2. The summed E-state index contributed by atoms with van der Waals surface area (Å²) in [7, 11) is 0. The molecular weight excluding hydrogens is 356 g/mol. The van der Waals surface area contributed by atoms with Crippen molar-refractivity contribution in [3.63, 3.8) is 0 Å². The molecule has 0 radical (unpaired) electrons. The molecule has 5 nitrogen and oxygen atoms in total. The molecule has 0 saturated heterocycles. The molecule has 1 aliphatic rings. The van der Waals surface area contributed by atoms with E-state index >= 15 is 0 Å². The number of aliphatic hydroxyl groups excluding tert-OH is 1. The second kappa shape index (κ2) is 9.02. The molecule has 2 aromatic carbocycles. The Morgan fingerprint density at radius 3 is 1.75 bits per heavy atom. The molecule has 0 aromatic heterocycles. The van der Waals surface area contributed by atoms with Crippen LogP contribution in [0.3, 0.4) is 0 Å². The van der Waals surface area contributed by atoms with Crippen LogP contribution in [0.15, 0.2) is 60.7 Å². The quantitative estimate of drug-likeness (QED) is 0.586. The van der Waals surface area contributed by atoms with Gasteiger partial charge in [-0.05, 0) is 35.8 Å². The Kier molecular flexibility index (Phi) is 6.47. The maximum atomic E-state index is 13.0. The van der Waals surface area contributed by atoms with Gasteiger partial charge < -0.3 is 14.6 Å². The lowest BCUT2D eigenvalue weighted by atomic mass is 9.85. The fourth-order valence-corrected chi connectivity index (χ4v) is 3.83. The smallest absolute Gasteiger partial charge is 0.323 e. The minimum atomic E-state index is -1.36. The summed E-state index contributed by atoms with van der Waals surface area (Å²) in [5, 5.41) is 9.64. The van der Waals surface area contributed by atoms with Crippen molar-refractivity contribution in [3.8, 4) is 0 Å². The van der Waals surface area contributed by atoms with Crippen LogP contribution in [0.2, 0.25) is 0 Å². The topological polar surface area (TPSA) is 72.8 Å². The third-order valence-corrected chi connectivity index (χ3v) is 5.53. The van der Waals surface area contributed by atoms with Crippen molar-refractivity contribution in [2.24, 2.45) is 17.3 Å². The predicted molar refractivity (Wildman–Crippen MR) is 104 cm³/mol. The van der Waals surface area contributed by atoms with E-state index in [0.717, 1.165) is 11.1 Å². The van der Waals surface area contributed by atoms with Crippen LogP contribution in [-0.4, -0.2) is 23.7 Å². The summed E-state index contributed by atoms with van der Waals surface area (Å²) in [6.07, 6.45) is 0.561. The molecule has 0 bridgehead atoms. The number of ether oxygens (including phenoxy) is 2. The third-order valence-electron chi connectivity index (χ3n) is 5.53. The molecule has 1 aliphatic carbocycles. The van der Waals surface area contributed by atoms with Gasteiger partial charge in [-0.25, -0.2) is 0 Å². The van der Waals surface area contributed by atoms with Crippen LogP contribution in [0.25, 0.3) is 0 Å². The van der Waals surface area contributed by atoms with E-state index in [1.54, 1.807) is 0 Å². The molecule has 1 fully saturated rings. The summed E-state index contributed by atoms with van der Waals surface area (Å²) in [5.74, 6) is -1.25. The average molecular weight is 382 g/mol. The molecule has 148 valence electrons. The SMILES string of the molecule is C[C@@H]1CC(C(=O)OCc2ccccc2)(C(=O)OCc2ccccc2)C[C@H]1CO. The number of hydrogen-bond donors (Lipinski definition) is 1. The van der Waals surface area contributed by atoms with Gasteiger partial charge in [-0.15, -0.1) is 0 Å². The van der Waals surface area contributed by atoms with Crippen LogP contribution < -0.4 is 0 Å². The van der Waals surface area contributed by atoms with E-state index in [1.807, 2.05) is 67.6 Å². The van der Waals surface area contributed by atoms with Gasteiger partial charge in [0.2, 0.25) is 0 Å². The van der Waals surface area contributed by atoms with Gasteiger partial charge in [0.15, 0.2) is 5.41 Å². The van der Waals surface area contributed by atoms with Crippen molar-refractivity contribution in [1.82, 2.24) is 0 Å². The van der Waals surface area contributed by atoms with Gasteiger partial charge in [-0.3, -0.25) is 9.59 Å². The van der Waals surface area contributed by atoms with Crippen LogP contribution >= 0.6 is 0 Å². The molecule has 1 saturated carbocycles. The first-order valence-electron chi connectivity index (χ1n) is 9.58. The second-order valence-corrected chi connectivity index (χ2v) is 7.53. The highest BCUT2D eigenvalue weighted by molar-refractivity contribution is 6.00. The Morgan fingerprint density at radius 2 is 1.36 bits per heavy atom. The lowest BCUT2D eigenvalue weighted by Gasteiger charge is -2.25. The minimum Gasteiger partial charge on any atom is -0.460 e. The monoisotopic (exact) mass is 382 g/mol. The van der Waals surface area contributed by atoms with Crippen molar-refractivity contribution in [2.75, 3.05) is 6.61 Å². The van der Waals surface area contributed by atoms with Crippen LogP contribution in [0.4, 0.5) is 0 Å². The van der Waals surface area contributed by atoms with E-state index in [0.29, 0.717) is 6.42 Å². The highest BCUT2D eigenvalue weighted by atomic mass is 16.6. The fourth-order valence-electron chi connectivity index (χ4n) is 3.83. The standard InChI is InChI=1S/C23H26O5/c1-17-12-23(13-20(17)14-24,21(25)27-15-18-8-4-2-5-9-18)22(26)28-16-19-10-6-3-7-11-19/h2-11,17,20,24H,12-16H2,1H3/t17-,20+/m1/s1. The largest absolute Gasteiger partial charge is 0.460 e. The first-order chi connectivity index (χ1) is 13.5. The highest BCUT2D eigenvalue weighted by Gasteiger charge is 2.56. The first-order valence-corrected chi connectivity index (χ1v) is 9.58. The fraction of sp³-hybridized carbons (Fsp3) is 0.391. The van der Waals surface area contributed by atoms with Crippen molar-refractivity contribution < 1.29 is 24.2 Å². The zero-order valence-corrected chi connectivity index (χ0v) is 16.0. The van der Waals surface area contributed by atoms with Crippen LogP contribution in [-0.2, 0) is 32.3 Å². The molecule has 0 spiro atoms. The average Bonchev–Trinajstić information content (AvgIpc) is 3.09. The zero-order chi connectivity index (χ0) is 20.0. The van der Waals surface area contributed by atoms with E-state index in [9.17, 15) is 14.7 Å². The number of benzene rings is 2. The number of aliphatic hydroxyl groups is 1. The second-order valence-electron chi connectivity index (χ2n) is 7.53. The molecule has 0 amide bonds. The van der Waals surface area contributed by atoms with E-state index in [4.69, 9.17) is 9.47 Å². The molecule has 5 heteroatoms. The number of carbonyl (C=O) groups is 2. The van der Waals surface area contributed by atoms with Gasteiger partial charge >= 0.3 is 11.9 Å². The van der Waals surface area contributed by atoms with Gasteiger partial charge in [0.05, 0.1) is 0 Å².